The van der Waals surface area contributed by atoms with Crippen LogP contribution in [-0.2, 0) is 0 Å². The first-order chi connectivity index (χ1) is 6.61. The van der Waals surface area contributed by atoms with Crippen molar-refractivity contribution in [3.63, 3.8) is 0 Å². The zero-order valence-electron chi connectivity index (χ0n) is 10.6. The summed E-state index contributed by atoms with van der Waals surface area (Å²) < 4.78 is 3.24. The van der Waals surface area contributed by atoms with Gasteiger partial charge in [-0.25, -0.2) is 0 Å². The topological polar surface area (TPSA) is 0 Å². The third kappa shape index (κ3) is 7.21. The van der Waals surface area contributed by atoms with Crippen molar-refractivity contribution in [2.45, 2.75) is 47.7 Å². The molecular weight excluding hydrogens is 238 g/mol. The van der Waals surface area contributed by atoms with E-state index in [-0.39, 0.29) is 20.4 Å². The molecule has 0 atom stereocenters. The standard InChI is InChI=1S/C7H9.C2H5.3CH3.Ga.Mg/c1-2-7-5-3-4-6-7;1-2;;;;;/h3,5H,2,4H2,1H3;1H2,2H3;3*1H3;;. The summed E-state index contributed by atoms with van der Waals surface area (Å²) >= 11 is -0.322. The van der Waals surface area contributed by atoms with Crippen LogP contribution in [0.2, 0.25) is 21.0 Å². The molecule has 0 saturated heterocycles. The summed E-state index contributed by atoms with van der Waals surface area (Å²) in [5.74, 6) is 0. The first-order valence-electron chi connectivity index (χ1n) is 5.99. The van der Waals surface area contributed by atoms with Crippen molar-refractivity contribution < 1.29 is 0 Å². The summed E-state index contributed by atoms with van der Waals surface area (Å²) in [6.07, 6.45) is 7.16. The van der Waals surface area contributed by atoms with Gasteiger partial charge in [0.2, 0.25) is 0 Å². The van der Waals surface area contributed by atoms with Gasteiger partial charge in [0, 0.05) is 0 Å². The van der Waals surface area contributed by atoms with Crippen LogP contribution in [0, 0.1) is 0 Å². The molecule has 0 bridgehead atoms. The fourth-order valence-electron chi connectivity index (χ4n) is 1.52. The van der Waals surface area contributed by atoms with Crippen LogP contribution < -0.4 is 0 Å². The maximum absolute atomic E-state index is 2.35. The van der Waals surface area contributed by atoms with Crippen LogP contribution in [0.25, 0.3) is 0 Å². The SMILES string of the molecule is C[CH2][Mg][C]1=C(CC)C=CC1.[CH3][Ga]([CH3])[CH3]. The third-order valence-corrected chi connectivity index (χ3v) is 3.92. The molecule has 0 unspecified atom stereocenters. The minimum absolute atomic E-state index is 0.157. The molecule has 1 rings (SSSR count). The minimum atomic E-state index is -0.479. The van der Waals surface area contributed by atoms with Crippen molar-refractivity contribution in [1.82, 2.24) is 0 Å². The molecule has 0 aromatic rings. The predicted molar refractivity (Wildman–Crippen MR) is 70.7 cm³/mol. The zero-order chi connectivity index (χ0) is 11.0. The van der Waals surface area contributed by atoms with Crippen LogP contribution in [0.3, 0.4) is 0 Å². The Kier molecular flexibility index (Phi) is 9.71. The molecule has 0 aromatic heterocycles. The Hall–Kier alpha value is 0.883. The van der Waals surface area contributed by atoms with Crippen molar-refractivity contribution in [2.24, 2.45) is 0 Å². The average molecular weight is 261 g/mol. The van der Waals surface area contributed by atoms with E-state index >= 15 is 0 Å². The molecule has 0 spiro atoms. The van der Waals surface area contributed by atoms with E-state index in [2.05, 4.69) is 42.4 Å². The summed E-state index contributed by atoms with van der Waals surface area (Å²) in [5.41, 5.74) is 8.71. The first kappa shape index (κ1) is 14.9. The van der Waals surface area contributed by atoms with Gasteiger partial charge < -0.3 is 0 Å². The second-order valence-electron chi connectivity index (χ2n) is 4.57. The molecule has 0 saturated carbocycles. The molecule has 14 heavy (non-hydrogen) atoms. The van der Waals surface area contributed by atoms with E-state index < -0.39 is 16.2 Å². The Balaban J connectivity index is 0.000000364. The molecule has 0 fully saturated rings. The molecule has 0 aromatic carbocycles. The van der Waals surface area contributed by atoms with Gasteiger partial charge in [-0.3, -0.25) is 0 Å². The van der Waals surface area contributed by atoms with Crippen LogP contribution in [0.15, 0.2) is 21.4 Å². The molecule has 1 aliphatic rings. The summed E-state index contributed by atoms with van der Waals surface area (Å²) in [4.78, 5) is 0. The molecule has 1 aliphatic carbocycles. The fraction of sp³-hybridized carbons (Fsp3) is 0.667. The van der Waals surface area contributed by atoms with Gasteiger partial charge in [0.05, 0.1) is 0 Å². The Labute approximate surface area is 105 Å². The van der Waals surface area contributed by atoms with E-state index in [4.69, 9.17) is 0 Å². The van der Waals surface area contributed by atoms with E-state index in [1.165, 1.54) is 17.4 Å². The van der Waals surface area contributed by atoms with Crippen molar-refractivity contribution in [3.05, 3.63) is 21.4 Å². The van der Waals surface area contributed by atoms with Crippen LogP contribution in [0.4, 0.5) is 0 Å². The molecule has 0 nitrogen and oxygen atoms in total. The van der Waals surface area contributed by atoms with E-state index in [0.29, 0.717) is 0 Å². The normalized spacial score (nSPS) is 13.5. The first-order valence-corrected chi connectivity index (χ1v) is 15.0. The van der Waals surface area contributed by atoms with Gasteiger partial charge in [0.25, 0.3) is 0 Å². The van der Waals surface area contributed by atoms with Gasteiger partial charge in [-0.2, -0.15) is 3.70 Å². The predicted octanol–water partition coefficient (Wildman–Crippen LogP) is 4.12. The Morgan fingerprint density at radius 2 is 1.86 bits per heavy atom. The van der Waals surface area contributed by atoms with Gasteiger partial charge in [-0.1, -0.05) is 31.6 Å². The van der Waals surface area contributed by atoms with Crippen molar-refractivity contribution in [2.75, 3.05) is 0 Å². The molecule has 2 heteroatoms. The van der Waals surface area contributed by atoms with E-state index in [0.717, 1.165) is 0 Å². The van der Waals surface area contributed by atoms with E-state index in [1.54, 1.807) is 5.57 Å². The van der Waals surface area contributed by atoms with E-state index in [1.807, 2.05) is 3.70 Å². The van der Waals surface area contributed by atoms with E-state index in [9.17, 15) is 0 Å². The van der Waals surface area contributed by atoms with Crippen LogP contribution >= 0.6 is 0 Å². The molecule has 0 heterocycles. The van der Waals surface area contributed by atoms with Gasteiger partial charge in [-0.05, 0) is 12.8 Å². The number of allylic oxidation sites excluding steroid dienone is 4. The average Bonchev–Trinajstić information content (AvgIpc) is 2.51. The van der Waals surface area contributed by atoms with Gasteiger partial charge in [0.1, 0.15) is 0 Å². The Morgan fingerprint density at radius 3 is 2.29 bits per heavy atom. The summed E-state index contributed by atoms with van der Waals surface area (Å²) in [7, 11) is 0. The van der Waals surface area contributed by atoms with Crippen LogP contribution in [0.1, 0.15) is 26.7 Å². The third-order valence-electron chi connectivity index (χ3n) is 2.07. The van der Waals surface area contributed by atoms with Crippen LogP contribution in [0.5, 0.6) is 0 Å². The quantitative estimate of drug-likeness (QED) is 0.670. The molecule has 0 N–H and O–H groups in total. The summed E-state index contributed by atoms with van der Waals surface area (Å²) in [6.45, 7) is 4.57. The van der Waals surface area contributed by atoms with Crippen molar-refractivity contribution in [1.29, 1.82) is 0 Å². The molecule has 0 amide bonds. The number of hydrogen-bond donors (Lipinski definition) is 0. The monoisotopic (exact) mass is 260 g/mol. The van der Waals surface area contributed by atoms with Gasteiger partial charge in [-0.15, -0.1) is 4.55 Å². The molecular formula is C12H23GaMg. The van der Waals surface area contributed by atoms with Gasteiger partial charge in [0.15, 0.2) is 0 Å². The number of hydrogen-bond acceptors (Lipinski definition) is 0. The van der Waals surface area contributed by atoms with Crippen LogP contribution in [-0.4, -0.2) is 36.6 Å². The fourth-order valence-corrected chi connectivity index (χ4v) is 3.19. The van der Waals surface area contributed by atoms with Crippen molar-refractivity contribution >= 4 is 36.6 Å². The molecule has 0 aliphatic heterocycles. The summed E-state index contributed by atoms with van der Waals surface area (Å²) in [6, 6.07) is 0. The zero-order valence-corrected chi connectivity index (χ0v) is 14.4. The second-order valence-corrected chi connectivity index (χ2v) is 14.2. The maximum atomic E-state index is 2.35. The molecule has 0 radical (unpaired) electrons. The summed E-state index contributed by atoms with van der Waals surface area (Å²) in [5, 5.41) is 0. The Bertz CT molecular complexity index is 202. The Morgan fingerprint density at radius 1 is 1.29 bits per heavy atom. The van der Waals surface area contributed by atoms with Crippen molar-refractivity contribution in [3.8, 4) is 0 Å². The number of rotatable bonds is 3. The van der Waals surface area contributed by atoms with Gasteiger partial charge >= 0.3 is 53.0 Å². The molecule has 76 valence electrons. The second kappa shape index (κ2) is 9.13.